The van der Waals surface area contributed by atoms with Crippen LogP contribution in [0.3, 0.4) is 0 Å². The fourth-order valence-corrected chi connectivity index (χ4v) is 4.65. The molecule has 0 aromatic carbocycles. The van der Waals surface area contributed by atoms with Crippen LogP contribution in [0.25, 0.3) is 0 Å². The minimum Gasteiger partial charge on any atom is -0.380 e. The lowest BCUT2D eigenvalue weighted by Crippen LogP contribution is -2.48. The molecule has 4 unspecified atom stereocenters. The Labute approximate surface area is 124 Å². The van der Waals surface area contributed by atoms with Crippen molar-refractivity contribution in [3.8, 4) is 0 Å². The Morgan fingerprint density at radius 3 is 2.50 bits per heavy atom. The van der Waals surface area contributed by atoms with E-state index in [0.717, 1.165) is 45.1 Å². The molecule has 1 aliphatic rings. The van der Waals surface area contributed by atoms with E-state index < -0.39 is 9.84 Å². The topological polar surface area (TPSA) is 55.4 Å². The largest absolute Gasteiger partial charge is 0.380 e. The maximum atomic E-state index is 11.8. The normalized spacial score (nSPS) is 27.2. The van der Waals surface area contributed by atoms with Crippen molar-refractivity contribution in [2.45, 2.75) is 69.8 Å². The first kappa shape index (κ1) is 17.9. The summed E-state index contributed by atoms with van der Waals surface area (Å²) in [6.45, 7) is 5.16. The van der Waals surface area contributed by atoms with Gasteiger partial charge in [0.25, 0.3) is 0 Å². The van der Waals surface area contributed by atoms with Gasteiger partial charge >= 0.3 is 0 Å². The van der Waals surface area contributed by atoms with E-state index in [1.165, 1.54) is 6.26 Å². The molecule has 0 heterocycles. The molecular formula is C15H31NO3S. The average Bonchev–Trinajstić information content (AvgIpc) is 2.42. The summed E-state index contributed by atoms with van der Waals surface area (Å²) in [4.78, 5) is 0. The van der Waals surface area contributed by atoms with Gasteiger partial charge in [-0.3, -0.25) is 0 Å². The Hall–Kier alpha value is -0.130. The van der Waals surface area contributed by atoms with E-state index in [1.54, 1.807) is 7.11 Å². The quantitative estimate of drug-likeness (QED) is 0.748. The van der Waals surface area contributed by atoms with Crippen molar-refractivity contribution >= 4 is 9.84 Å². The van der Waals surface area contributed by atoms with Crippen molar-refractivity contribution < 1.29 is 13.2 Å². The molecule has 1 N–H and O–H groups in total. The van der Waals surface area contributed by atoms with E-state index in [1.807, 2.05) is 0 Å². The van der Waals surface area contributed by atoms with Gasteiger partial charge < -0.3 is 10.1 Å². The van der Waals surface area contributed by atoms with Gasteiger partial charge in [-0.2, -0.15) is 0 Å². The Morgan fingerprint density at radius 1 is 1.30 bits per heavy atom. The first-order chi connectivity index (χ1) is 9.43. The van der Waals surface area contributed by atoms with E-state index in [2.05, 4.69) is 19.2 Å². The number of methoxy groups -OCH3 is 1. The fraction of sp³-hybridized carbons (Fsp3) is 1.00. The van der Waals surface area contributed by atoms with Gasteiger partial charge in [0.1, 0.15) is 9.84 Å². The van der Waals surface area contributed by atoms with E-state index >= 15 is 0 Å². The molecule has 0 aromatic heterocycles. The third-order valence-electron chi connectivity index (χ3n) is 4.50. The van der Waals surface area contributed by atoms with Gasteiger partial charge in [0.2, 0.25) is 0 Å². The van der Waals surface area contributed by atoms with E-state index in [-0.39, 0.29) is 17.4 Å². The van der Waals surface area contributed by atoms with Crippen molar-refractivity contribution in [3.05, 3.63) is 0 Å². The summed E-state index contributed by atoms with van der Waals surface area (Å²) >= 11 is 0. The summed E-state index contributed by atoms with van der Waals surface area (Å²) in [5, 5.41) is 3.38. The molecule has 1 rings (SSSR count). The van der Waals surface area contributed by atoms with Gasteiger partial charge in [0.15, 0.2) is 0 Å². The summed E-state index contributed by atoms with van der Waals surface area (Å²) in [5.41, 5.74) is 0. The fourth-order valence-electron chi connectivity index (χ4n) is 3.46. The zero-order valence-corrected chi connectivity index (χ0v) is 14.2. The monoisotopic (exact) mass is 305 g/mol. The second-order valence-corrected chi connectivity index (χ2v) is 8.35. The highest BCUT2D eigenvalue weighted by atomic mass is 32.2. The molecule has 4 nitrogen and oxygen atoms in total. The van der Waals surface area contributed by atoms with Crippen LogP contribution in [-0.4, -0.2) is 45.7 Å². The van der Waals surface area contributed by atoms with Crippen LogP contribution in [0, 0.1) is 5.92 Å². The second kappa shape index (κ2) is 8.35. The van der Waals surface area contributed by atoms with Crippen LogP contribution < -0.4 is 5.32 Å². The first-order valence-corrected chi connectivity index (χ1v) is 9.84. The molecule has 4 atom stereocenters. The highest BCUT2D eigenvalue weighted by molar-refractivity contribution is 7.91. The molecule has 0 aliphatic heterocycles. The van der Waals surface area contributed by atoms with Crippen LogP contribution in [0.5, 0.6) is 0 Å². The van der Waals surface area contributed by atoms with Crippen molar-refractivity contribution in [2.24, 2.45) is 5.92 Å². The zero-order valence-electron chi connectivity index (χ0n) is 13.4. The summed E-state index contributed by atoms with van der Waals surface area (Å²) in [6, 6.07) is 0.273. The summed E-state index contributed by atoms with van der Waals surface area (Å²) in [6.07, 6.45) is 7.38. The number of hydrogen-bond acceptors (Lipinski definition) is 4. The molecule has 0 amide bonds. The SMILES string of the molecule is CCCC(OC)C(NCC)C1CCCC(S(C)(=O)=O)C1. The van der Waals surface area contributed by atoms with E-state index in [4.69, 9.17) is 4.74 Å². The van der Waals surface area contributed by atoms with Crippen LogP contribution in [0.15, 0.2) is 0 Å². The number of likely N-dealkylation sites (N-methyl/N-ethyl adjacent to an activating group) is 1. The van der Waals surface area contributed by atoms with Gasteiger partial charge in [0.05, 0.1) is 11.4 Å². The van der Waals surface area contributed by atoms with Crippen LogP contribution >= 0.6 is 0 Å². The summed E-state index contributed by atoms with van der Waals surface area (Å²) in [5.74, 6) is 0.403. The molecule has 0 radical (unpaired) electrons. The van der Waals surface area contributed by atoms with Gasteiger partial charge in [-0.25, -0.2) is 8.42 Å². The van der Waals surface area contributed by atoms with Crippen LogP contribution in [-0.2, 0) is 14.6 Å². The number of sulfone groups is 1. The maximum absolute atomic E-state index is 11.8. The van der Waals surface area contributed by atoms with Gasteiger partial charge in [-0.15, -0.1) is 0 Å². The third kappa shape index (κ3) is 5.01. The third-order valence-corrected chi connectivity index (χ3v) is 6.14. The zero-order chi connectivity index (χ0) is 15.2. The second-order valence-electron chi connectivity index (χ2n) is 6.02. The number of ether oxygens (including phenoxy) is 1. The van der Waals surface area contributed by atoms with E-state index in [0.29, 0.717) is 5.92 Å². The Morgan fingerprint density at radius 2 is 2.00 bits per heavy atom. The number of hydrogen-bond donors (Lipinski definition) is 1. The van der Waals surface area contributed by atoms with Gasteiger partial charge in [-0.05, 0) is 38.1 Å². The molecule has 1 saturated carbocycles. The average molecular weight is 305 g/mol. The molecule has 20 heavy (non-hydrogen) atoms. The first-order valence-electron chi connectivity index (χ1n) is 7.89. The molecule has 0 spiro atoms. The van der Waals surface area contributed by atoms with Crippen molar-refractivity contribution in [3.63, 3.8) is 0 Å². The van der Waals surface area contributed by atoms with Crippen LogP contribution in [0.4, 0.5) is 0 Å². The highest BCUT2D eigenvalue weighted by Gasteiger charge is 2.35. The molecule has 0 saturated heterocycles. The molecule has 0 bridgehead atoms. The van der Waals surface area contributed by atoms with Crippen molar-refractivity contribution in [1.82, 2.24) is 5.32 Å². The Bertz CT molecular complexity index is 369. The Kier molecular flexibility index (Phi) is 7.48. The summed E-state index contributed by atoms with van der Waals surface area (Å²) in [7, 11) is -1.16. The summed E-state index contributed by atoms with van der Waals surface area (Å²) < 4.78 is 29.3. The maximum Gasteiger partial charge on any atom is 0.150 e. The number of nitrogens with one attached hydrogen (secondary N) is 1. The predicted octanol–water partition coefficient (Wildman–Crippen LogP) is 2.38. The van der Waals surface area contributed by atoms with Gasteiger partial charge in [0, 0.05) is 19.4 Å². The molecular weight excluding hydrogens is 274 g/mol. The van der Waals surface area contributed by atoms with Crippen molar-refractivity contribution in [1.29, 1.82) is 0 Å². The number of rotatable bonds is 8. The van der Waals surface area contributed by atoms with Gasteiger partial charge in [-0.1, -0.05) is 26.7 Å². The smallest absolute Gasteiger partial charge is 0.150 e. The van der Waals surface area contributed by atoms with E-state index in [9.17, 15) is 8.42 Å². The van der Waals surface area contributed by atoms with Crippen molar-refractivity contribution in [2.75, 3.05) is 19.9 Å². The molecule has 1 aliphatic carbocycles. The predicted molar refractivity (Wildman–Crippen MR) is 83.8 cm³/mol. The lowest BCUT2D eigenvalue weighted by molar-refractivity contribution is 0.0339. The lowest BCUT2D eigenvalue weighted by atomic mass is 9.80. The minimum absolute atomic E-state index is 0.165. The minimum atomic E-state index is -2.92. The lowest BCUT2D eigenvalue weighted by Gasteiger charge is -2.38. The molecule has 0 aromatic rings. The van der Waals surface area contributed by atoms with Crippen LogP contribution in [0.1, 0.15) is 52.4 Å². The molecule has 120 valence electrons. The molecule has 1 fully saturated rings. The highest BCUT2D eigenvalue weighted by Crippen LogP contribution is 2.32. The Balaban J connectivity index is 2.79. The standard InChI is InChI=1S/C15H31NO3S/c1-5-8-14(19-3)15(16-6-2)12-9-7-10-13(11-12)20(4,17)18/h12-16H,5-11H2,1-4H3. The molecule has 5 heteroatoms. The van der Waals surface area contributed by atoms with Crippen LogP contribution in [0.2, 0.25) is 0 Å².